The van der Waals surface area contributed by atoms with Gasteiger partial charge < -0.3 is 19.7 Å². The van der Waals surface area contributed by atoms with Gasteiger partial charge in [0, 0.05) is 47.7 Å². The largest absolute Gasteiger partial charge is 0.478 e. The zero-order valence-electron chi connectivity index (χ0n) is 16.6. The number of nitrogens with two attached hydrogens (primary N) is 1. The first-order valence-electron chi connectivity index (χ1n) is 9.16. The Hall–Kier alpha value is -2.77. The molecule has 2 aromatic carbocycles. The molecule has 0 aliphatic rings. The fourth-order valence-corrected chi connectivity index (χ4v) is 3.81. The first-order chi connectivity index (χ1) is 13.9. The molecular weight excluding hydrogens is 389 g/mol. The van der Waals surface area contributed by atoms with E-state index in [0.717, 1.165) is 33.4 Å². The van der Waals surface area contributed by atoms with E-state index in [1.54, 1.807) is 30.1 Å². The lowest BCUT2D eigenvalue weighted by molar-refractivity contribution is 0.0697. The highest BCUT2D eigenvalue weighted by atomic mass is 32.2. The van der Waals surface area contributed by atoms with Crippen molar-refractivity contribution in [2.45, 2.75) is 13.5 Å². The molecule has 0 aliphatic carbocycles. The van der Waals surface area contributed by atoms with Gasteiger partial charge in [-0.25, -0.2) is 9.18 Å². The third-order valence-electron chi connectivity index (χ3n) is 4.99. The van der Waals surface area contributed by atoms with Gasteiger partial charge in [-0.1, -0.05) is 24.1 Å². The van der Waals surface area contributed by atoms with E-state index in [4.69, 9.17) is 5.73 Å². The van der Waals surface area contributed by atoms with E-state index in [1.165, 1.54) is 6.08 Å². The normalized spacial score (nSPS) is 11.8. The quantitative estimate of drug-likeness (QED) is 0.542. The number of carboxylic acids is 1. The van der Waals surface area contributed by atoms with Gasteiger partial charge in [0.2, 0.25) is 0 Å². The molecule has 0 aliphatic heterocycles. The summed E-state index contributed by atoms with van der Waals surface area (Å²) in [7, 11) is 1.98. The Bertz CT molecular complexity index is 1090. The summed E-state index contributed by atoms with van der Waals surface area (Å²) in [4.78, 5) is 11.5. The molecule has 0 unspecified atom stereocenters. The minimum Gasteiger partial charge on any atom is -0.478 e. The van der Waals surface area contributed by atoms with Crippen LogP contribution in [0.2, 0.25) is 0 Å². The lowest BCUT2D eigenvalue weighted by atomic mass is 10.0. The number of carbonyl (C=O) groups is 1. The summed E-state index contributed by atoms with van der Waals surface area (Å²) in [5.41, 5.74) is 10.2. The smallest absolute Gasteiger partial charge is 0.335 e. The van der Waals surface area contributed by atoms with Crippen LogP contribution in [0.5, 0.6) is 0 Å². The molecule has 3 N–H and O–H groups in total. The summed E-state index contributed by atoms with van der Waals surface area (Å²) in [6.45, 7) is 2.11. The van der Waals surface area contributed by atoms with E-state index >= 15 is 0 Å². The number of nitrogens with zero attached hydrogens (tertiary/aromatic N) is 2. The number of hydrogen-bond donors (Lipinski definition) is 2. The summed E-state index contributed by atoms with van der Waals surface area (Å²) in [5, 5.41) is 10.2. The third-order valence-corrected chi connectivity index (χ3v) is 5.75. The number of aromatic carboxylic acids is 1. The maximum Gasteiger partial charge on any atom is 0.335 e. The van der Waals surface area contributed by atoms with E-state index in [9.17, 15) is 14.3 Å². The molecule has 3 aromatic rings. The van der Waals surface area contributed by atoms with E-state index in [-0.39, 0.29) is 24.5 Å². The number of rotatable bonds is 7. The van der Waals surface area contributed by atoms with E-state index < -0.39 is 5.97 Å². The number of hydrogen-bond acceptors (Lipinski definition) is 4. The van der Waals surface area contributed by atoms with Crippen LogP contribution in [0, 0.1) is 6.92 Å². The molecule has 3 rings (SSSR count). The average molecular weight is 414 g/mol. The van der Waals surface area contributed by atoms with Crippen LogP contribution in [0.4, 0.5) is 10.1 Å². The number of halogens is 1. The van der Waals surface area contributed by atoms with Crippen molar-refractivity contribution in [2.75, 3.05) is 24.2 Å². The van der Waals surface area contributed by atoms with Crippen LogP contribution in [0.25, 0.3) is 22.0 Å². The first-order valence-corrected chi connectivity index (χ1v) is 10.3. The third kappa shape index (κ3) is 4.16. The van der Waals surface area contributed by atoms with Gasteiger partial charge in [-0.05, 0) is 48.9 Å². The molecule has 0 saturated heterocycles. The van der Waals surface area contributed by atoms with Gasteiger partial charge in [-0.2, -0.15) is 0 Å². The van der Waals surface area contributed by atoms with Gasteiger partial charge in [0.25, 0.3) is 0 Å². The number of aromatic nitrogens is 1. The predicted molar refractivity (Wildman–Crippen MR) is 119 cm³/mol. The molecule has 0 fully saturated rings. The molecule has 0 atom stereocenters. The molecule has 0 radical (unpaired) electrons. The maximum absolute atomic E-state index is 14.3. The lowest BCUT2D eigenvalue weighted by Crippen LogP contribution is -2.05. The minimum absolute atomic E-state index is 0.0519. The molecule has 29 heavy (non-hydrogen) atoms. The van der Waals surface area contributed by atoms with Crippen LogP contribution < -0.4 is 10.0 Å². The Morgan fingerprint density at radius 1 is 1.31 bits per heavy atom. The zero-order chi connectivity index (χ0) is 21.1. The highest BCUT2D eigenvalue weighted by Gasteiger charge is 2.19. The molecule has 0 saturated carbocycles. The lowest BCUT2D eigenvalue weighted by Gasteiger charge is -2.16. The van der Waals surface area contributed by atoms with Gasteiger partial charge in [0.15, 0.2) is 0 Å². The second-order valence-electron chi connectivity index (χ2n) is 6.70. The number of carboxylic acid groups (broad SMARTS) is 1. The first kappa shape index (κ1) is 21.0. The summed E-state index contributed by atoms with van der Waals surface area (Å²) < 4.78 is 18.2. The standard InChI is InChI=1S/C22H24FN3O2S/c1-14-21(15-5-4-6-18(11-15)25(2)29-3)19-12-16(22(27)28)7-8-20(19)26(14)13-17(23)9-10-24/h4-9,11-12H,10,13,24H2,1-3H3,(H,27,28)/b17-9-. The topological polar surface area (TPSA) is 71.5 Å². The summed E-state index contributed by atoms with van der Waals surface area (Å²) >= 11 is 1.60. The molecular formula is C22H24FN3O2S. The number of benzene rings is 2. The fraction of sp³-hybridized carbons (Fsp3) is 0.227. The number of allylic oxidation sites excluding steroid dienone is 1. The van der Waals surface area contributed by atoms with Gasteiger partial charge in [0.1, 0.15) is 5.83 Å². The average Bonchev–Trinajstić information content (AvgIpc) is 2.98. The van der Waals surface area contributed by atoms with E-state index in [0.29, 0.717) is 0 Å². The molecule has 0 bridgehead atoms. The second-order valence-corrected chi connectivity index (χ2v) is 7.61. The summed E-state index contributed by atoms with van der Waals surface area (Å²) in [6.07, 6.45) is 3.35. The summed E-state index contributed by atoms with van der Waals surface area (Å²) in [5.74, 6) is -1.31. The Morgan fingerprint density at radius 2 is 2.07 bits per heavy atom. The molecule has 0 spiro atoms. The molecule has 1 heterocycles. The predicted octanol–water partition coefficient (Wildman–Crippen LogP) is 4.84. The Morgan fingerprint density at radius 3 is 2.72 bits per heavy atom. The van der Waals surface area contributed by atoms with Crippen LogP contribution in [0.1, 0.15) is 16.1 Å². The van der Waals surface area contributed by atoms with Crippen LogP contribution in [-0.2, 0) is 6.54 Å². The van der Waals surface area contributed by atoms with Crippen molar-refractivity contribution < 1.29 is 14.3 Å². The van der Waals surface area contributed by atoms with Gasteiger partial charge in [-0.15, -0.1) is 0 Å². The van der Waals surface area contributed by atoms with E-state index in [2.05, 4.69) is 6.07 Å². The zero-order valence-corrected chi connectivity index (χ0v) is 17.5. The highest BCUT2D eigenvalue weighted by Crippen LogP contribution is 2.37. The monoisotopic (exact) mass is 413 g/mol. The Kier molecular flexibility index (Phi) is 6.30. The van der Waals surface area contributed by atoms with Crippen LogP contribution >= 0.6 is 11.9 Å². The Labute approximate surface area is 173 Å². The van der Waals surface area contributed by atoms with Crippen molar-refractivity contribution in [3.63, 3.8) is 0 Å². The van der Waals surface area contributed by atoms with Crippen molar-refractivity contribution in [1.29, 1.82) is 0 Å². The van der Waals surface area contributed by atoms with E-state index in [1.807, 2.05) is 47.3 Å². The van der Waals surface area contributed by atoms with Gasteiger partial charge in [-0.3, -0.25) is 0 Å². The van der Waals surface area contributed by atoms with Crippen molar-refractivity contribution in [1.82, 2.24) is 4.57 Å². The van der Waals surface area contributed by atoms with Crippen molar-refractivity contribution in [3.05, 3.63) is 65.6 Å². The van der Waals surface area contributed by atoms with Crippen LogP contribution in [0.15, 0.2) is 54.4 Å². The number of anilines is 1. The Balaban J connectivity index is 2.27. The molecule has 0 amide bonds. The van der Waals surface area contributed by atoms with Crippen LogP contribution in [-0.4, -0.2) is 35.5 Å². The molecule has 7 heteroatoms. The van der Waals surface area contributed by atoms with Gasteiger partial charge >= 0.3 is 5.97 Å². The van der Waals surface area contributed by atoms with Crippen molar-refractivity contribution in [3.8, 4) is 11.1 Å². The van der Waals surface area contributed by atoms with Crippen LogP contribution in [0.3, 0.4) is 0 Å². The van der Waals surface area contributed by atoms with Gasteiger partial charge in [0.05, 0.1) is 12.1 Å². The maximum atomic E-state index is 14.3. The second kappa shape index (κ2) is 8.71. The molecule has 152 valence electrons. The summed E-state index contributed by atoms with van der Waals surface area (Å²) in [6, 6.07) is 13.0. The molecule has 1 aromatic heterocycles. The van der Waals surface area contributed by atoms with Crippen molar-refractivity contribution >= 4 is 34.5 Å². The van der Waals surface area contributed by atoms with Crippen molar-refractivity contribution in [2.24, 2.45) is 5.73 Å². The number of fused-ring (bicyclic) bond motifs is 1. The fourth-order valence-electron chi connectivity index (χ4n) is 3.49. The molecule has 5 nitrogen and oxygen atoms in total. The highest BCUT2D eigenvalue weighted by molar-refractivity contribution is 7.99. The SMILES string of the molecule is CSN(C)c1cccc(-c2c(C)n(C/C(F)=C/CN)c3ccc(C(=O)O)cc23)c1. The minimum atomic E-state index is -0.992.